The van der Waals surface area contributed by atoms with Gasteiger partial charge in [0.25, 0.3) is 5.91 Å². The predicted molar refractivity (Wildman–Crippen MR) is 95.7 cm³/mol. The highest BCUT2D eigenvalue weighted by Crippen LogP contribution is 2.52. The van der Waals surface area contributed by atoms with E-state index in [-0.39, 0.29) is 11.3 Å². The normalized spacial score (nSPS) is 17.4. The first-order valence-electron chi connectivity index (χ1n) is 8.74. The van der Waals surface area contributed by atoms with Crippen molar-refractivity contribution >= 4 is 5.91 Å². The second-order valence-corrected chi connectivity index (χ2v) is 7.08. The highest BCUT2D eigenvalue weighted by Gasteiger charge is 2.49. The van der Waals surface area contributed by atoms with Crippen molar-refractivity contribution in [2.75, 3.05) is 6.54 Å². The van der Waals surface area contributed by atoms with Crippen LogP contribution in [0.2, 0.25) is 0 Å². The molecule has 0 unspecified atom stereocenters. The van der Waals surface area contributed by atoms with Gasteiger partial charge in [0.2, 0.25) is 0 Å². The molecule has 0 atom stereocenters. The maximum atomic E-state index is 13.0. The van der Waals surface area contributed by atoms with Gasteiger partial charge in [0, 0.05) is 24.7 Å². The first-order valence-corrected chi connectivity index (χ1v) is 8.74. The number of aromatic nitrogens is 2. The fourth-order valence-corrected chi connectivity index (χ4v) is 3.93. The molecule has 0 bridgehead atoms. The van der Waals surface area contributed by atoms with Gasteiger partial charge in [-0.3, -0.25) is 4.79 Å². The molecular formula is C21H19N3O. The summed E-state index contributed by atoms with van der Waals surface area (Å²) >= 11 is 0. The lowest BCUT2D eigenvalue weighted by Gasteiger charge is -2.34. The molecule has 1 aliphatic heterocycles. The minimum Gasteiger partial charge on any atom is -0.332 e. The fourth-order valence-electron chi connectivity index (χ4n) is 3.93. The van der Waals surface area contributed by atoms with Crippen LogP contribution in [0.15, 0.2) is 66.9 Å². The highest BCUT2D eigenvalue weighted by atomic mass is 16.2. The molecule has 0 saturated heterocycles. The third-order valence-electron chi connectivity index (χ3n) is 5.41. The summed E-state index contributed by atoms with van der Waals surface area (Å²) in [5.41, 5.74) is 4.38. The van der Waals surface area contributed by atoms with Crippen molar-refractivity contribution in [1.29, 1.82) is 0 Å². The van der Waals surface area contributed by atoms with E-state index in [9.17, 15) is 4.79 Å². The topological polar surface area (TPSA) is 38.1 Å². The molecule has 2 heterocycles. The van der Waals surface area contributed by atoms with Gasteiger partial charge >= 0.3 is 0 Å². The zero-order valence-corrected chi connectivity index (χ0v) is 13.9. The van der Waals surface area contributed by atoms with Gasteiger partial charge in [0.15, 0.2) is 5.69 Å². The summed E-state index contributed by atoms with van der Waals surface area (Å²) < 4.78 is 1.76. The largest absolute Gasteiger partial charge is 0.332 e. The SMILES string of the molecule is O=C(c1ccn(-c2ccccc2)n1)N1Cc2ccccc2C2(CC2)C1. The van der Waals surface area contributed by atoms with Crippen molar-refractivity contribution in [2.45, 2.75) is 24.8 Å². The standard InChI is InChI=1S/C21H19N3O/c25-20(19-10-13-24(22-19)17-7-2-1-3-8-17)23-14-16-6-4-5-9-18(16)21(15-23)11-12-21/h1-10,13H,11-12,14-15H2. The number of hydrogen-bond donors (Lipinski definition) is 0. The summed E-state index contributed by atoms with van der Waals surface area (Å²) in [5, 5.41) is 4.51. The fraction of sp³-hybridized carbons (Fsp3) is 0.238. The molecule has 5 rings (SSSR count). The van der Waals surface area contributed by atoms with Gasteiger partial charge in [-0.25, -0.2) is 4.68 Å². The van der Waals surface area contributed by atoms with E-state index < -0.39 is 0 Å². The average molecular weight is 329 g/mol. The molecule has 2 aromatic carbocycles. The number of carbonyl (C=O) groups excluding carboxylic acids is 1. The van der Waals surface area contributed by atoms with Crippen LogP contribution in [0.25, 0.3) is 5.69 Å². The first kappa shape index (κ1) is 14.5. The molecule has 1 fully saturated rings. The van der Waals surface area contributed by atoms with Gasteiger partial charge in [-0.05, 0) is 42.2 Å². The number of benzene rings is 2. The second-order valence-electron chi connectivity index (χ2n) is 7.08. The van der Waals surface area contributed by atoms with Crippen LogP contribution in [0.1, 0.15) is 34.5 Å². The van der Waals surface area contributed by atoms with Crippen molar-refractivity contribution < 1.29 is 4.79 Å². The highest BCUT2D eigenvalue weighted by molar-refractivity contribution is 5.92. The summed E-state index contributed by atoms with van der Waals surface area (Å²) in [6.07, 6.45) is 4.20. The van der Waals surface area contributed by atoms with Crippen LogP contribution in [-0.4, -0.2) is 27.1 Å². The Morgan fingerprint density at radius 3 is 2.52 bits per heavy atom. The predicted octanol–water partition coefficient (Wildman–Crippen LogP) is 3.56. The molecule has 4 nitrogen and oxygen atoms in total. The lowest BCUT2D eigenvalue weighted by molar-refractivity contribution is 0.0703. The summed E-state index contributed by atoms with van der Waals surface area (Å²) in [6.45, 7) is 1.48. The molecule has 1 aromatic heterocycles. The molecule has 124 valence electrons. The smallest absolute Gasteiger partial charge is 0.274 e. The summed E-state index contributed by atoms with van der Waals surface area (Å²) in [5.74, 6) is 0.0236. The Bertz CT molecular complexity index is 941. The number of fused-ring (bicyclic) bond motifs is 2. The first-order chi connectivity index (χ1) is 12.3. The molecule has 1 spiro atoms. The van der Waals surface area contributed by atoms with E-state index in [2.05, 4.69) is 29.4 Å². The molecule has 0 N–H and O–H groups in total. The van der Waals surface area contributed by atoms with Gasteiger partial charge in [0.05, 0.1) is 5.69 Å². The van der Waals surface area contributed by atoms with Crippen molar-refractivity contribution in [3.05, 3.63) is 83.7 Å². The second kappa shape index (κ2) is 5.31. The molecule has 1 saturated carbocycles. The molecule has 25 heavy (non-hydrogen) atoms. The Balaban J connectivity index is 1.43. The number of para-hydroxylation sites is 1. The third kappa shape index (κ3) is 2.37. The number of hydrogen-bond acceptors (Lipinski definition) is 2. The lowest BCUT2D eigenvalue weighted by atomic mass is 9.87. The number of rotatable bonds is 2. The van der Waals surface area contributed by atoms with Crippen LogP contribution in [0.3, 0.4) is 0 Å². The minimum atomic E-state index is 0.0236. The Hall–Kier alpha value is -2.88. The van der Waals surface area contributed by atoms with E-state index in [0.29, 0.717) is 12.2 Å². The molecule has 0 radical (unpaired) electrons. The van der Waals surface area contributed by atoms with Crippen molar-refractivity contribution in [3.63, 3.8) is 0 Å². The summed E-state index contributed by atoms with van der Waals surface area (Å²) in [4.78, 5) is 15.0. The number of nitrogens with zero attached hydrogens (tertiary/aromatic N) is 3. The summed E-state index contributed by atoms with van der Waals surface area (Å²) in [6, 6.07) is 20.2. The number of carbonyl (C=O) groups is 1. The van der Waals surface area contributed by atoms with Gasteiger partial charge < -0.3 is 4.90 Å². The van der Waals surface area contributed by atoms with Gasteiger partial charge in [-0.1, -0.05) is 42.5 Å². The Morgan fingerprint density at radius 1 is 0.960 bits per heavy atom. The van der Waals surface area contributed by atoms with Crippen LogP contribution in [-0.2, 0) is 12.0 Å². The average Bonchev–Trinajstić information content (AvgIpc) is 3.25. The summed E-state index contributed by atoms with van der Waals surface area (Å²) in [7, 11) is 0. The maximum absolute atomic E-state index is 13.0. The third-order valence-corrected chi connectivity index (χ3v) is 5.41. The molecule has 1 aliphatic carbocycles. The zero-order valence-electron chi connectivity index (χ0n) is 13.9. The quantitative estimate of drug-likeness (QED) is 0.721. The molecule has 3 aromatic rings. The van der Waals surface area contributed by atoms with E-state index >= 15 is 0 Å². The van der Waals surface area contributed by atoms with Crippen LogP contribution in [0, 0.1) is 0 Å². The monoisotopic (exact) mass is 329 g/mol. The van der Waals surface area contributed by atoms with Crippen molar-refractivity contribution in [3.8, 4) is 5.69 Å². The Kier molecular flexibility index (Phi) is 3.07. The van der Waals surface area contributed by atoms with E-state index in [1.807, 2.05) is 47.5 Å². The van der Waals surface area contributed by atoms with Gasteiger partial charge in [-0.15, -0.1) is 0 Å². The lowest BCUT2D eigenvalue weighted by Crippen LogP contribution is -2.41. The Morgan fingerprint density at radius 2 is 1.72 bits per heavy atom. The van der Waals surface area contributed by atoms with Crippen LogP contribution in [0.5, 0.6) is 0 Å². The molecule has 4 heteroatoms. The number of amides is 1. The van der Waals surface area contributed by atoms with Crippen molar-refractivity contribution in [1.82, 2.24) is 14.7 Å². The zero-order chi connectivity index (χ0) is 16.9. The van der Waals surface area contributed by atoms with Crippen LogP contribution in [0.4, 0.5) is 0 Å². The molecule has 2 aliphatic rings. The van der Waals surface area contributed by atoms with E-state index in [4.69, 9.17) is 0 Å². The molecule has 1 amide bonds. The maximum Gasteiger partial charge on any atom is 0.274 e. The minimum absolute atomic E-state index is 0.0236. The van der Waals surface area contributed by atoms with E-state index in [1.165, 1.54) is 24.0 Å². The van der Waals surface area contributed by atoms with Gasteiger partial charge in [0.1, 0.15) is 0 Å². The van der Waals surface area contributed by atoms with E-state index in [1.54, 1.807) is 4.68 Å². The van der Waals surface area contributed by atoms with Gasteiger partial charge in [-0.2, -0.15) is 5.10 Å². The van der Waals surface area contributed by atoms with Crippen molar-refractivity contribution in [2.24, 2.45) is 0 Å². The van der Waals surface area contributed by atoms with Crippen LogP contribution >= 0.6 is 0 Å². The molecular weight excluding hydrogens is 310 g/mol. The van der Waals surface area contributed by atoms with Crippen LogP contribution < -0.4 is 0 Å². The Labute approximate surface area is 146 Å². The van der Waals surface area contributed by atoms with E-state index in [0.717, 1.165) is 12.2 Å².